The highest BCUT2D eigenvalue weighted by Crippen LogP contribution is 2.05. The van der Waals surface area contributed by atoms with Gasteiger partial charge >= 0.3 is 0 Å². The molecule has 1 aliphatic heterocycles. The number of sulfonamides is 1. The third-order valence-corrected chi connectivity index (χ3v) is 2.60. The number of nitrogens with one attached hydrogen (secondary N) is 2. The first-order chi connectivity index (χ1) is 5.99. The fourth-order valence-electron chi connectivity index (χ4n) is 1.31. The van der Waals surface area contributed by atoms with Crippen molar-refractivity contribution in [3.05, 3.63) is 0 Å². The SMILES string of the molecule is CS(=O)(=O)NC1CCCCNC1=O. The number of carbonyl (C=O) groups is 1. The number of amides is 1. The van der Waals surface area contributed by atoms with Gasteiger partial charge in [0.05, 0.1) is 6.26 Å². The molecule has 1 atom stereocenters. The summed E-state index contributed by atoms with van der Waals surface area (Å²) >= 11 is 0. The van der Waals surface area contributed by atoms with Gasteiger partial charge in [0.15, 0.2) is 0 Å². The maximum absolute atomic E-state index is 11.3. The summed E-state index contributed by atoms with van der Waals surface area (Å²) in [7, 11) is -3.28. The summed E-state index contributed by atoms with van der Waals surface area (Å²) in [6.45, 7) is 0.640. The number of hydrogen-bond donors (Lipinski definition) is 2. The van der Waals surface area contributed by atoms with Gasteiger partial charge < -0.3 is 5.32 Å². The minimum Gasteiger partial charge on any atom is -0.355 e. The zero-order valence-electron chi connectivity index (χ0n) is 7.54. The first kappa shape index (κ1) is 10.5. The van der Waals surface area contributed by atoms with Gasteiger partial charge in [-0.2, -0.15) is 0 Å². The molecule has 1 heterocycles. The Bertz CT molecular complexity index is 286. The van der Waals surface area contributed by atoms with Crippen molar-refractivity contribution < 1.29 is 13.2 Å². The van der Waals surface area contributed by atoms with Crippen LogP contribution >= 0.6 is 0 Å². The number of hydrogen-bond acceptors (Lipinski definition) is 3. The molecule has 1 rings (SSSR count). The largest absolute Gasteiger partial charge is 0.355 e. The highest BCUT2D eigenvalue weighted by Gasteiger charge is 2.22. The van der Waals surface area contributed by atoms with Crippen molar-refractivity contribution in [2.24, 2.45) is 0 Å². The molecule has 6 heteroatoms. The van der Waals surface area contributed by atoms with Crippen molar-refractivity contribution >= 4 is 15.9 Å². The van der Waals surface area contributed by atoms with E-state index >= 15 is 0 Å². The van der Waals surface area contributed by atoms with Crippen LogP contribution in [0.1, 0.15) is 19.3 Å². The lowest BCUT2D eigenvalue weighted by molar-refractivity contribution is -0.122. The van der Waals surface area contributed by atoms with Crippen molar-refractivity contribution in [1.29, 1.82) is 0 Å². The summed E-state index contributed by atoms with van der Waals surface area (Å²) in [6, 6.07) is -0.586. The predicted octanol–water partition coefficient (Wildman–Crippen LogP) is -0.796. The van der Waals surface area contributed by atoms with Crippen LogP contribution in [0, 0.1) is 0 Å². The molecule has 1 fully saturated rings. The summed E-state index contributed by atoms with van der Waals surface area (Å²) in [6.07, 6.45) is 3.42. The maximum Gasteiger partial charge on any atom is 0.238 e. The molecule has 13 heavy (non-hydrogen) atoms. The van der Waals surface area contributed by atoms with E-state index in [1.165, 1.54) is 0 Å². The minimum absolute atomic E-state index is 0.220. The average molecular weight is 206 g/mol. The standard InChI is InChI=1S/C7H14N2O3S/c1-13(11,12)9-6-4-2-3-5-8-7(6)10/h6,9H,2-5H2,1H3,(H,8,10). The molecule has 0 aromatic heterocycles. The van der Waals surface area contributed by atoms with Crippen LogP contribution in [-0.4, -0.2) is 33.2 Å². The second-order valence-electron chi connectivity index (χ2n) is 3.23. The fraction of sp³-hybridized carbons (Fsp3) is 0.857. The summed E-state index contributed by atoms with van der Waals surface area (Å²) < 4.78 is 24.0. The van der Waals surface area contributed by atoms with Crippen LogP contribution in [0.2, 0.25) is 0 Å². The minimum atomic E-state index is -3.28. The number of rotatable bonds is 2. The van der Waals surface area contributed by atoms with Gasteiger partial charge in [0.2, 0.25) is 15.9 Å². The third kappa shape index (κ3) is 3.73. The molecule has 1 aliphatic rings. The monoisotopic (exact) mass is 206 g/mol. The van der Waals surface area contributed by atoms with Gasteiger partial charge in [0, 0.05) is 6.54 Å². The van der Waals surface area contributed by atoms with E-state index in [2.05, 4.69) is 10.0 Å². The van der Waals surface area contributed by atoms with Gasteiger partial charge in [0.1, 0.15) is 6.04 Å². The highest BCUT2D eigenvalue weighted by molar-refractivity contribution is 7.88. The van der Waals surface area contributed by atoms with Crippen molar-refractivity contribution in [3.63, 3.8) is 0 Å². The quantitative estimate of drug-likeness (QED) is 0.621. The molecule has 0 spiro atoms. The molecule has 5 nitrogen and oxygen atoms in total. The van der Waals surface area contributed by atoms with Crippen LogP contribution in [0.5, 0.6) is 0 Å². The Morgan fingerprint density at radius 2 is 2.15 bits per heavy atom. The summed E-state index contributed by atoms with van der Waals surface area (Å²) in [5, 5.41) is 2.65. The lowest BCUT2D eigenvalue weighted by atomic mass is 10.1. The molecule has 0 saturated carbocycles. The molecule has 1 amide bonds. The van der Waals surface area contributed by atoms with Gasteiger partial charge in [-0.05, 0) is 19.3 Å². The Morgan fingerprint density at radius 1 is 1.46 bits per heavy atom. The summed E-state index contributed by atoms with van der Waals surface area (Å²) in [4.78, 5) is 11.3. The van der Waals surface area contributed by atoms with E-state index in [-0.39, 0.29) is 5.91 Å². The van der Waals surface area contributed by atoms with E-state index in [0.29, 0.717) is 13.0 Å². The molecular weight excluding hydrogens is 192 g/mol. The van der Waals surface area contributed by atoms with Gasteiger partial charge in [-0.1, -0.05) is 0 Å². The normalized spacial score (nSPS) is 25.0. The summed E-state index contributed by atoms with van der Waals surface area (Å²) in [5.74, 6) is -0.220. The smallest absolute Gasteiger partial charge is 0.238 e. The van der Waals surface area contributed by atoms with E-state index in [4.69, 9.17) is 0 Å². The Labute approximate surface area is 77.9 Å². The van der Waals surface area contributed by atoms with E-state index in [9.17, 15) is 13.2 Å². The van der Waals surface area contributed by atoms with E-state index in [1.807, 2.05) is 0 Å². The Morgan fingerprint density at radius 3 is 2.77 bits per heavy atom. The van der Waals surface area contributed by atoms with Crippen molar-refractivity contribution in [3.8, 4) is 0 Å². The molecule has 0 radical (unpaired) electrons. The molecule has 76 valence electrons. The Kier molecular flexibility index (Phi) is 3.27. The molecule has 0 bridgehead atoms. The second kappa shape index (κ2) is 4.06. The van der Waals surface area contributed by atoms with Crippen molar-refractivity contribution in [1.82, 2.24) is 10.0 Å². The van der Waals surface area contributed by atoms with Crippen LogP contribution < -0.4 is 10.0 Å². The first-order valence-corrected chi connectivity index (χ1v) is 6.13. The molecule has 0 aromatic rings. The van der Waals surface area contributed by atoms with Crippen LogP contribution in [0.15, 0.2) is 0 Å². The molecular formula is C7H14N2O3S. The van der Waals surface area contributed by atoms with E-state index in [0.717, 1.165) is 19.1 Å². The van der Waals surface area contributed by atoms with Gasteiger partial charge in [-0.3, -0.25) is 4.79 Å². The van der Waals surface area contributed by atoms with E-state index < -0.39 is 16.1 Å². The average Bonchev–Trinajstić information content (AvgIpc) is 2.14. The van der Waals surface area contributed by atoms with Crippen molar-refractivity contribution in [2.45, 2.75) is 25.3 Å². The first-order valence-electron chi connectivity index (χ1n) is 4.24. The lowest BCUT2D eigenvalue weighted by Gasteiger charge is -2.12. The lowest BCUT2D eigenvalue weighted by Crippen LogP contribution is -2.44. The van der Waals surface area contributed by atoms with E-state index in [1.54, 1.807) is 0 Å². The van der Waals surface area contributed by atoms with Crippen LogP contribution in [0.25, 0.3) is 0 Å². The van der Waals surface area contributed by atoms with Gasteiger partial charge in [-0.25, -0.2) is 13.1 Å². The zero-order chi connectivity index (χ0) is 9.90. The molecule has 1 saturated heterocycles. The molecule has 1 unspecified atom stereocenters. The van der Waals surface area contributed by atoms with Crippen LogP contribution in [0.4, 0.5) is 0 Å². The predicted molar refractivity (Wildman–Crippen MR) is 48.6 cm³/mol. The van der Waals surface area contributed by atoms with Crippen molar-refractivity contribution in [2.75, 3.05) is 12.8 Å². The number of carbonyl (C=O) groups excluding carboxylic acids is 1. The molecule has 2 N–H and O–H groups in total. The Hall–Kier alpha value is -0.620. The zero-order valence-corrected chi connectivity index (χ0v) is 8.36. The molecule has 0 aromatic carbocycles. The van der Waals surface area contributed by atoms with Crippen LogP contribution in [-0.2, 0) is 14.8 Å². The van der Waals surface area contributed by atoms with Gasteiger partial charge in [0.25, 0.3) is 0 Å². The second-order valence-corrected chi connectivity index (χ2v) is 5.01. The van der Waals surface area contributed by atoms with Crippen LogP contribution in [0.3, 0.4) is 0 Å². The van der Waals surface area contributed by atoms with Gasteiger partial charge in [-0.15, -0.1) is 0 Å². The topological polar surface area (TPSA) is 75.3 Å². The molecule has 0 aliphatic carbocycles. The highest BCUT2D eigenvalue weighted by atomic mass is 32.2. The fourth-order valence-corrected chi connectivity index (χ4v) is 2.05. The maximum atomic E-state index is 11.3. The Balaban J connectivity index is 2.60. The third-order valence-electron chi connectivity index (χ3n) is 1.89. The summed E-state index contributed by atoms with van der Waals surface area (Å²) in [5.41, 5.74) is 0.